The lowest BCUT2D eigenvalue weighted by molar-refractivity contribution is 0.174. The van der Waals surface area contributed by atoms with Crippen molar-refractivity contribution in [2.45, 2.75) is 0 Å². The molecule has 0 aromatic heterocycles. The molecule has 0 saturated heterocycles. The van der Waals surface area contributed by atoms with Gasteiger partial charge in [0.15, 0.2) is 11.5 Å². The highest BCUT2D eigenvalue weighted by Crippen LogP contribution is 2.32. The minimum atomic E-state index is -1.55. The summed E-state index contributed by atoms with van der Waals surface area (Å²) in [7, 11) is -1.55. The Hall–Kier alpha value is -0.715. The fourth-order valence-corrected chi connectivity index (χ4v) is 1.65. The molecule has 0 unspecified atom stereocenters. The van der Waals surface area contributed by atoms with Gasteiger partial charge in [0.1, 0.15) is 0 Å². The van der Waals surface area contributed by atoms with Crippen molar-refractivity contribution in [1.29, 1.82) is 0 Å². The second-order valence-electron chi connectivity index (χ2n) is 2.60. The Balaban J connectivity index is 2.55. The highest BCUT2D eigenvalue weighted by atomic mass is 79.9. The van der Waals surface area contributed by atoms with Crippen molar-refractivity contribution in [1.82, 2.24) is 0 Å². The molecule has 1 aliphatic heterocycles. The Bertz CT molecular complexity index is 342. The van der Waals surface area contributed by atoms with E-state index in [-0.39, 0.29) is 6.79 Å². The molecule has 1 aliphatic rings. The Morgan fingerprint density at radius 3 is 2.77 bits per heavy atom. The summed E-state index contributed by atoms with van der Waals surface area (Å²) in [5.74, 6) is 0.927. The molecule has 6 heteroatoms. The zero-order chi connectivity index (χ0) is 9.42. The van der Waals surface area contributed by atoms with Gasteiger partial charge in [-0.1, -0.05) is 15.9 Å². The van der Waals surface area contributed by atoms with Gasteiger partial charge >= 0.3 is 7.12 Å². The van der Waals surface area contributed by atoms with Crippen molar-refractivity contribution in [2.24, 2.45) is 0 Å². The quantitative estimate of drug-likeness (QED) is 0.676. The van der Waals surface area contributed by atoms with Gasteiger partial charge in [0.25, 0.3) is 0 Å². The van der Waals surface area contributed by atoms with Crippen molar-refractivity contribution in [2.75, 3.05) is 6.79 Å². The van der Waals surface area contributed by atoms with E-state index in [1.54, 1.807) is 12.1 Å². The molecule has 0 radical (unpaired) electrons. The SMILES string of the molecule is OB(O)c1cc(Br)cc2c1OCO2. The zero-order valence-corrected chi connectivity index (χ0v) is 8.11. The van der Waals surface area contributed by atoms with Crippen molar-refractivity contribution in [3.8, 4) is 11.5 Å². The normalized spacial score (nSPS) is 13.2. The lowest BCUT2D eigenvalue weighted by atomic mass is 9.79. The third-order valence-electron chi connectivity index (χ3n) is 1.74. The van der Waals surface area contributed by atoms with Crippen LogP contribution in [0.3, 0.4) is 0 Å². The molecule has 0 fully saturated rings. The number of hydrogen-bond donors (Lipinski definition) is 2. The fraction of sp³-hybridized carbons (Fsp3) is 0.143. The van der Waals surface area contributed by atoms with E-state index in [1.807, 2.05) is 0 Å². The molecule has 13 heavy (non-hydrogen) atoms. The predicted molar refractivity (Wildman–Crippen MR) is 50.1 cm³/mol. The van der Waals surface area contributed by atoms with Crippen LogP contribution in [0, 0.1) is 0 Å². The average molecular weight is 245 g/mol. The van der Waals surface area contributed by atoms with E-state index >= 15 is 0 Å². The van der Waals surface area contributed by atoms with Gasteiger partial charge in [-0.15, -0.1) is 0 Å². The first-order chi connectivity index (χ1) is 6.18. The first-order valence-electron chi connectivity index (χ1n) is 3.63. The van der Waals surface area contributed by atoms with E-state index in [1.165, 1.54) is 0 Å². The van der Waals surface area contributed by atoms with Gasteiger partial charge in [-0.2, -0.15) is 0 Å². The molecule has 0 bridgehead atoms. The van der Waals surface area contributed by atoms with E-state index in [4.69, 9.17) is 19.5 Å². The Morgan fingerprint density at radius 2 is 2.08 bits per heavy atom. The maximum absolute atomic E-state index is 9.01. The van der Waals surface area contributed by atoms with Crippen LogP contribution < -0.4 is 14.9 Å². The zero-order valence-electron chi connectivity index (χ0n) is 6.53. The van der Waals surface area contributed by atoms with E-state index in [0.717, 1.165) is 4.47 Å². The molecule has 2 N–H and O–H groups in total. The first kappa shape index (κ1) is 8.86. The molecule has 4 nitrogen and oxygen atoms in total. The van der Waals surface area contributed by atoms with E-state index in [0.29, 0.717) is 17.0 Å². The summed E-state index contributed by atoms with van der Waals surface area (Å²) in [6.07, 6.45) is 0. The van der Waals surface area contributed by atoms with Crippen molar-refractivity contribution >= 4 is 28.5 Å². The van der Waals surface area contributed by atoms with Gasteiger partial charge < -0.3 is 19.5 Å². The van der Waals surface area contributed by atoms with E-state index in [2.05, 4.69) is 15.9 Å². The second kappa shape index (κ2) is 3.21. The van der Waals surface area contributed by atoms with Gasteiger partial charge in [-0.3, -0.25) is 0 Å². The lowest BCUT2D eigenvalue weighted by Crippen LogP contribution is -2.30. The maximum atomic E-state index is 9.01. The number of fused-ring (bicyclic) bond motifs is 1. The molecule has 0 saturated carbocycles. The van der Waals surface area contributed by atoms with Crippen LogP contribution in [-0.2, 0) is 0 Å². The summed E-state index contributed by atoms with van der Waals surface area (Å²) in [6, 6.07) is 3.30. The number of benzene rings is 1. The summed E-state index contributed by atoms with van der Waals surface area (Å²) in [5.41, 5.74) is 0.307. The van der Waals surface area contributed by atoms with Crippen LogP contribution >= 0.6 is 15.9 Å². The number of halogens is 1. The maximum Gasteiger partial charge on any atom is 0.492 e. The molecule has 0 atom stereocenters. The van der Waals surface area contributed by atoms with Crippen molar-refractivity contribution in [3.63, 3.8) is 0 Å². The molecular formula is C7H6BBrO4. The van der Waals surface area contributed by atoms with Gasteiger partial charge in [0, 0.05) is 9.94 Å². The van der Waals surface area contributed by atoms with Crippen molar-refractivity contribution in [3.05, 3.63) is 16.6 Å². The summed E-state index contributed by atoms with van der Waals surface area (Å²) in [5, 5.41) is 18.0. The Labute approximate surface area is 83.4 Å². The molecule has 1 aromatic carbocycles. The standard InChI is InChI=1S/C7H6BBrO4/c9-4-1-5(8(10)11)7-6(2-4)12-3-13-7/h1-2,10-11H,3H2. The number of hydrogen-bond acceptors (Lipinski definition) is 4. The van der Waals surface area contributed by atoms with Crippen LogP contribution in [0.2, 0.25) is 0 Å². The topological polar surface area (TPSA) is 58.9 Å². The minimum absolute atomic E-state index is 0.117. The molecule has 0 amide bonds. The van der Waals surface area contributed by atoms with Gasteiger partial charge in [0.2, 0.25) is 6.79 Å². The Morgan fingerprint density at radius 1 is 1.31 bits per heavy atom. The van der Waals surface area contributed by atoms with Crippen LogP contribution in [0.25, 0.3) is 0 Å². The molecular weight excluding hydrogens is 239 g/mol. The molecule has 2 rings (SSSR count). The summed E-state index contributed by atoms with van der Waals surface area (Å²) < 4.78 is 10.9. The number of rotatable bonds is 1. The fourth-order valence-electron chi connectivity index (χ4n) is 1.19. The molecule has 1 heterocycles. The number of ether oxygens (including phenoxy) is 2. The minimum Gasteiger partial charge on any atom is -0.454 e. The van der Waals surface area contributed by atoms with Gasteiger partial charge in [-0.05, 0) is 12.1 Å². The molecule has 0 spiro atoms. The highest BCUT2D eigenvalue weighted by Gasteiger charge is 2.25. The third-order valence-corrected chi connectivity index (χ3v) is 2.20. The predicted octanol–water partition coefficient (Wildman–Crippen LogP) is -0.142. The van der Waals surface area contributed by atoms with E-state index < -0.39 is 7.12 Å². The summed E-state index contributed by atoms with van der Waals surface area (Å²) in [4.78, 5) is 0. The summed E-state index contributed by atoms with van der Waals surface area (Å²) >= 11 is 3.23. The van der Waals surface area contributed by atoms with E-state index in [9.17, 15) is 0 Å². The molecule has 0 aliphatic carbocycles. The van der Waals surface area contributed by atoms with Crippen molar-refractivity contribution < 1.29 is 19.5 Å². The smallest absolute Gasteiger partial charge is 0.454 e. The summed E-state index contributed by atoms with van der Waals surface area (Å²) in [6.45, 7) is 0.117. The van der Waals surface area contributed by atoms with Crippen LogP contribution in [0.4, 0.5) is 0 Å². The first-order valence-corrected chi connectivity index (χ1v) is 4.43. The lowest BCUT2D eigenvalue weighted by Gasteiger charge is -2.04. The largest absolute Gasteiger partial charge is 0.492 e. The Kier molecular flexibility index (Phi) is 2.19. The van der Waals surface area contributed by atoms with Gasteiger partial charge in [0.05, 0.1) is 0 Å². The van der Waals surface area contributed by atoms with Crippen LogP contribution in [-0.4, -0.2) is 24.0 Å². The monoisotopic (exact) mass is 244 g/mol. The molecule has 1 aromatic rings. The third kappa shape index (κ3) is 1.52. The van der Waals surface area contributed by atoms with Gasteiger partial charge in [-0.25, -0.2) is 0 Å². The second-order valence-corrected chi connectivity index (χ2v) is 3.52. The van der Waals surface area contributed by atoms with Crippen LogP contribution in [0.1, 0.15) is 0 Å². The van der Waals surface area contributed by atoms with Crippen LogP contribution in [0.15, 0.2) is 16.6 Å². The average Bonchev–Trinajstić information content (AvgIpc) is 2.49. The highest BCUT2D eigenvalue weighted by molar-refractivity contribution is 9.10. The molecule has 68 valence electrons. The van der Waals surface area contributed by atoms with Crippen LogP contribution in [0.5, 0.6) is 11.5 Å².